The molecule has 0 heterocycles. The lowest BCUT2D eigenvalue weighted by atomic mass is 9.74. The molecule has 0 bridgehead atoms. The lowest BCUT2D eigenvalue weighted by molar-refractivity contribution is 0.0205. The largest absolute Gasteiger partial charge is 0.385 e. The minimum Gasteiger partial charge on any atom is -0.385 e. The first-order chi connectivity index (χ1) is 6.09. The number of hydrogen-bond acceptors (Lipinski definition) is 1. The molecule has 74 valence electrons. The van der Waals surface area contributed by atoms with Crippen molar-refractivity contribution in [2.24, 2.45) is 5.92 Å². The molecule has 0 amide bonds. The molecule has 1 fully saturated rings. The third kappa shape index (κ3) is 2.22. The Balaban J connectivity index is 2.66. The summed E-state index contributed by atoms with van der Waals surface area (Å²) in [5.74, 6) is 0.381. The summed E-state index contributed by atoms with van der Waals surface area (Å²) >= 11 is 0. The molecule has 1 atom stereocenters. The normalized spacial score (nSPS) is 23.5. The van der Waals surface area contributed by atoms with Crippen LogP contribution in [0, 0.1) is 5.92 Å². The van der Waals surface area contributed by atoms with E-state index in [0.717, 1.165) is 18.4 Å². The van der Waals surface area contributed by atoms with E-state index in [1.54, 1.807) is 6.08 Å². The Kier molecular flexibility index (Phi) is 3.32. The SMILES string of the molecule is C=CC(=C)C(C)(O)C1CCCCC1. The monoisotopic (exact) mass is 180 g/mol. The topological polar surface area (TPSA) is 20.2 Å². The second kappa shape index (κ2) is 4.10. The summed E-state index contributed by atoms with van der Waals surface area (Å²) < 4.78 is 0. The summed E-state index contributed by atoms with van der Waals surface area (Å²) in [6.07, 6.45) is 7.72. The predicted octanol–water partition coefficient (Wildman–Crippen LogP) is 3.06. The summed E-state index contributed by atoms with van der Waals surface area (Å²) in [7, 11) is 0. The Morgan fingerprint density at radius 1 is 1.38 bits per heavy atom. The molecule has 1 N–H and O–H groups in total. The smallest absolute Gasteiger partial charge is 0.0890 e. The van der Waals surface area contributed by atoms with Crippen LogP contribution in [-0.4, -0.2) is 10.7 Å². The van der Waals surface area contributed by atoms with Gasteiger partial charge in [-0.05, 0) is 31.3 Å². The van der Waals surface area contributed by atoms with Crippen molar-refractivity contribution in [3.8, 4) is 0 Å². The van der Waals surface area contributed by atoms with Crippen LogP contribution in [0.1, 0.15) is 39.0 Å². The Hall–Kier alpha value is -0.560. The zero-order valence-electron chi connectivity index (χ0n) is 8.55. The molecule has 13 heavy (non-hydrogen) atoms. The van der Waals surface area contributed by atoms with Crippen molar-refractivity contribution < 1.29 is 5.11 Å². The summed E-state index contributed by atoms with van der Waals surface area (Å²) in [4.78, 5) is 0. The van der Waals surface area contributed by atoms with E-state index in [2.05, 4.69) is 13.2 Å². The maximum Gasteiger partial charge on any atom is 0.0890 e. The van der Waals surface area contributed by atoms with Crippen LogP contribution in [-0.2, 0) is 0 Å². The highest BCUT2D eigenvalue weighted by Crippen LogP contribution is 2.36. The van der Waals surface area contributed by atoms with Gasteiger partial charge < -0.3 is 5.11 Å². The van der Waals surface area contributed by atoms with Crippen molar-refractivity contribution in [2.75, 3.05) is 0 Å². The second-order valence-corrected chi connectivity index (χ2v) is 4.21. The fraction of sp³-hybridized carbons (Fsp3) is 0.667. The molecule has 0 spiro atoms. The molecule has 1 aliphatic carbocycles. The lowest BCUT2D eigenvalue weighted by Crippen LogP contribution is -2.36. The van der Waals surface area contributed by atoms with Crippen molar-refractivity contribution in [3.63, 3.8) is 0 Å². The van der Waals surface area contributed by atoms with Crippen LogP contribution in [0.4, 0.5) is 0 Å². The summed E-state index contributed by atoms with van der Waals surface area (Å²) in [6.45, 7) is 9.38. The van der Waals surface area contributed by atoms with Crippen LogP contribution in [0.5, 0.6) is 0 Å². The molecule has 1 saturated carbocycles. The lowest BCUT2D eigenvalue weighted by Gasteiger charge is -2.36. The van der Waals surface area contributed by atoms with Gasteiger partial charge in [0.25, 0.3) is 0 Å². The van der Waals surface area contributed by atoms with E-state index in [1.165, 1.54) is 19.3 Å². The Morgan fingerprint density at radius 3 is 2.38 bits per heavy atom. The van der Waals surface area contributed by atoms with Crippen molar-refractivity contribution >= 4 is 0 Å². The van der Waals surface area contributed by atoms with E-state index in [-0.39, 0.29) is 0 Å². The van der Waals surface area contributed by atoms with Gasteiger partial charge in [0.15, 0.2) is 0 Å². The Bertz CT molecular complexity index is 197. The van der Waals surface area contributed by atoms with Crippen molar-refractivity contribution in [3.05, 3.63) is 24.8 Å². The molecule has 1 heteroatoms. The molecule has 0 aliphatic heterocycles. The molecule has 1 nitrogen and oxygen atoms in total. The molecular formula is C12H20O. The quantitative estimate of drug-likeness (QED) is 0.662. The minimum absolute atomic E-state index is 0.381. The Labute approximate surface area is 81.2 Å². The minimum atomic E-state index is -0.734. The molecule has 0 saturated heterocycles. The fourth-order valence-corrected chi connectivity index (χ4v) is 2.13. The van der Waals surface area contributed by atoms with Crippen LogP contribution in [0.25, 0.3) is 0 Å². The highest BCUT2D eigenvalue weighted by Gasteiger charge is 2.33. The first kappa shape index (κ1) is 10.5. The molecule has 1 aliphatic rings. The molecule has 0 aromatic carbocycles. The van der Waals surface area contributed by atoms with Gasteiger partial charge >= 0.3 is 0 Å². The van der Waals surface area contributed by atoms with E-state index < -0.39 is 5.60 Å². The van der Waals surface area contributed by atoms with E-state index in [4.69, 9.17) is 0 Å². The molecule has 1 rings (SSSR count). The second-order valence-electron chi connectivity index (χ2n) is 4.21. The highest BCUT2D eigenvalue weighted by atomic mass is 16.3. The molecule has 0 aromatic heterocycles. The van der Waals surface area contributed by atoms with Gasteiger partial charge in [0.05, 0.1) is 5.60 Å². The van der Waals surface area contributed by atoms with Gasteiger partial charge in [-0.2, -0.15) is 0 Å². The van der Waals surface area contributed by atoms with E-state index in [0.29, 0.717) is 5.92 Å². The number of rotatable bonds is 3. The first-order valence-electron chi connectivity index (χ1n) is 5.13. The van der Waals surface area contributed by atoms with E-state index in [9.17, 15) is 5.11 Å². The highest BCUT2D eigenvalue weighted by molar-refractivity contribution is 5.24. The van der Waals surface area contributed by atoms with Crippen molar-refractivity contribution in [1.82, 2.24) is 0 Å². The Morgan fingerprint density at radius 2 is 1.92 bits per heavy atom. The first-order valence-corrected chi connectivity index (χ1v) is 5.13. The van der Waals surface area contributed by atoms with Gasteiger partial charge in [0.2, 0.25) is 0 Å². The van der Waals surface area contributed by atoms with Gasteiger partial charge in [0, 0.05) is 0 Å². The summed E-state index contributed by atoms with van der Waals surface area (Å²) in [5, 5.41) is 10.2. The van der Waals surface area contributed by atoms with Gasteiger partial charge in [0.1, 0.15) is 0 Å². The summed E-state index contributed by atoms with van der Waals surface area (Å²) in [5.41, 5.74) is 0.0294. The zero-order valence-corrected chi connectivity index (χ0v) is 8.55. The van der Waals surface area contributed by atoms with Gasteiger partial charge in [-0.25, -0.2) is 0 Å². The van der Waals surface area contributed by atoms with Crippen LogP contribution >= 0.6 is 0 Å². The third-order valence-corrected chi connectivity index (χ3v) is 3.30. The fourth-order valence-electron chi connectivity index (χ4n) is 2.13. The van der Waals surface area contributed by atoms with Gasteiger partial charge in [-0.1, -0.05) is 38.5 Å². The number of hydrogen-bond donors (Lipinski definition) is 1. The molecular weight excluding hydrogens is 160 g/mol. The van der Waals surface area contributed by atoms with Crippen LogP contribution in [0.3, 0.4) is 0 Å². The average Bonchev–Trinajstić information content (AvgIpc) is 2.18. The van der Waals surface area contributed by atoms with E-state index in [1.807, 2.05) is 6.92 Å². The average molecular weight is 180 g/mol. The maximum absolute atomic E-state index is 10.2. The zero-order chi connectivity index (χ0) is 9.90. The van der Waals surface area contributed by atoms with Crippen molar-refractivity contribution in [2.45, 2.75) is 44.6 Å². The third-order valence-electron chi connectivity index (χ3n) is 3.30. The summed E-state index contributed by atoms with van der Waals surface area (Å²) in [6, 6.07) is 0. The van der Waals surface area contributed by atoms with E-state index >= 15 is 0 Å². The number of aliphatic hydroxyl groups is 1. The van der Waals surface area contributed by atoms with Crippen LogP contribution < -0.4 is 0 Å². The van der Waals surface area contributed by atoms with Gasteiger partial charge in [-0.15, -0.1) is 0 Å². The maximum atomic E-state index is 10.2. The van der Waals surface area contributed by atoms with Crippen LogP contribution in [0.2, 0.25) is 0 Å². The predicted molar refractivity (Wildman–Crippen MR) is 56.5 cm³/mol. The molecule has 0 aromatic rings. The van der Waals surface area contributed by atoms with Gasteiger partial charge in [-0.3, -0.25) is 0 Å². The van der Waals surface area contributed by atoms with Crippen molar-refractivity contribution in [1.29, 1.82) is 0 Å². The molecule has 0 radical (unpaired) electrons. The standard InChI is InChI=1S/C12H20O/c1-4-10(2)12(3,13)11-8-6-5-7-9-11/h4,11,13H,1-2,5-9H2,3H3. The van der Waals surface area contributed by atoms with Crippen LogP contribution in [0.15, 0.2) is 24.8 Å². The molecule has 1 unspecified atom stereocenters.